The summed E-state index contributed by atoms with van der Waals surface area (Å²) >= 11 is 0. The molecule has 2 fully saturated rings. The van der Waals surface area contributed by atoms with Crippen molar-refractivity contribution in [1.29, 1.82) is 0 Å². The van der Waals surface area contributed by atoms with E-state index in [-0.39, 0.29) is 9.79 Å². The Kier molecular flexibility index (Phi) is 7.40. The van der Waals surface area contributed by atoms with E-state index in [9.17, 15) is 16.8 Å². The lowest BCUT2D eigenvalue weighted by atomic mass is 10.2. The molecule has 2 aromatic carbocycles. The van der Waals surface area contributed by atoms with Gasteiger partial charge in [-0.05, 0) is 61.7 Å². The minimum atomic E-state index is -3.70. The number of hydrogen-bond donors (Lipinski definition) is 1. The van der Waals surface area contributed by atoms with Crippen molar-refractivity contribution < 1.29 is 16.8 Å². The summed E-state index contributed by atoms with van der Waals surface area (Å²) in [6.07, 6.45) is 1.72. The second-order valence-corrected chi connectivity index (χ2v) is 12.4. The van der Waals surface area contributed by atoms with Gasteiger partial charge in [-0.15, -0.1) is 0 Å². The Balaban J connectivity index is 1.27. The molecule has 0 aliphatic carbocycles. The molecule has 180 valence electrons. The number of piperazine rings is 1. The van der Waals surface area contributed by atoms with Crippen molar-refractivity contribution in [3.63, 3.8) is 0 Å². The first kappa shape index (κ1) is 24.2. The van der Waals surface area contributed by atoms with Gasteiger partial charge < -0.3 is 4.90 Å². The first-order valence-electron chi connectivity index (χ1n) is 11.4. The van der Waals surface area contributed by atoms with Crippen LogP contribution >= 0.6 is 0 Å². The fraction of sp³-hybridized carbons (Fsp3) is 0.478. The maximum Gasteiger partial charge on any atom is 0.243 e. The summed E-state index contributed by atoms with van der Waals surface area (Å²) in [5.41, 5.74) is 2.47. The largest absolute Gasteiger partial charge is 0.369 e. The molecular formula is C23H32N4O4S2. The van der Waals surface area contributed by atoms with E-state index in [1.807, 2.05) is 0 Å². The molecule has 2 saturated heterocycles. The van der Waals surface area contributed by atoms with Crippen LogP contribution in [0.25, 0.3) is 0 Å². The van der Waals surface area contributed by atoms with Crippen LogP contribution in [0, 0.1) is 6.92 Å². The average molecular weight is 493 g/mol. The summed E-state index contributed by atoms with van der Waals surface area (Å²) in [4.78, 5) is 4.81. The number of hydrogen-bond acceptors (Lipinski definition) is 6. The molecule has 0 radical (unpaired) electrons. The van der Waals surface area contributed by atoms with Crippen LogP contribution in [0.15, 0.2) is 58.3 Å². The van der Waals surface area contributed by atoms with Gasteiger partial charge in [0.15, 0.2) is 0 Å². The van der Waals surface area contributed by atoms with Crippen LogP contribution in [0.4, 0.5) is 5.69 Å². The van der Waals surface area contributed by atoms with Crippen molar-refractivity contribution in [1.82, 2.24) is 13.9 Å². The molecule has 0 unspecified atom stereocenters. The highest BCUT2D eigenvalue weighted by atomic mass is 32.2. The van der Waals surface area contributed by atoms with Gasteiger partial charge in [0.1, 0.15) is 0 Å². The molecule has 4 rings (SSSR count). The Bertz CT molecular complexity index is 1150. The van der Waals surface area contributed by atoms with Crippen LogP contribution in [-0.2, 0) is 20.0 Å². The van der Waals surface area contributed by atoms with Gasteiger partial charge in [-0.2, -0.15) is 4.31 Å². The minimum absolute atomic E-state index is 0.0761. The van der Waals surface area contributed by atoms with Crippen LogP contribution in [0.1, 0.15) is 18.4 Å². The molecule has 0 atom stereocenters. The number of aryl methyl sites for hydroxylation is 1. The van der Waals surface area contributed by atoms with Crippen molar-refractivity contribution >= 4 is 25.7 Å². The van der Waals surface area contributed by atoms with Gasteiger partial charge in [0.2, 0.25) is 20.0 Å². The Morgan fingerprint density at radius 1 is 0.818 bits per heavy atom. The molecule has 2 aromatic rings. The van der Waals surface area contributed by atoms with Crippen molar-refractivity contribution in [3.8, 4) is 0 Å². The van der Waals surface area contributed by atoms with E-state index < -0.39 is 20.0 Å². The highest BCUT2D eigenvalue weighted by molar-refractivity contribution is 7.89. The van der Waals surface area contributed by atoms with Crippen molar-refractivity contribution in [3.05, 3.63) is 54.1 Å². The molecule has 2 aliphatic rings. The van der Waals surface area contributed by atoms with Gasteiger partial charge in [0, 0.05) is 58.0 Å². The molecule has 2 aliphatic heterocycles. The number of nitrogens with one attached hydrogen (secondary N) is 1. The minimum Gasteiger partial charge on any atom is -0.369 e. The third-order valence-electron chi connectivity index (χ3n) is 6.30. The number of sulfonamides is 2. The molecular weight excluding hydrogens is 460 g/mol. The van der Waals surface area contributed by atoms with Crippen LogP contribution in [-0.4, -0.2) is 78.4 Å². The molecule has 10 heteroatoms. The maximum absolute atomic E-state index is 12.7. The second-order valence-electron chi connectivity index (χ2n) is 8.65. The predicted molar refractivity (Wildman–Crippen MR) is 129 cm³/mol. The average Bonchev–Trinajstić information content (AvgIpc) is 3.36. The SMILES string of the molecule is Cc1cccc(N2CCN(CCNS(=O)(=O)c3ccc(S(=O)(=O)N4CCCC4)cc3)CC2)c1. The number of nitrogens with zero attached hydrogens (tertiary/aromatic N) is 3. The zero-order valence-corrected chi connectivity index (χ0v) is 20.6. The van der Waals surface area contributed by atoms with Gasteiger partial charge in [0.25, 0.3) is 0 Å². The highest BCUT2D eigenvalue weighted by Crippen LogP contribution is 2.22. The first-order chi connectivity index (χ1) is 15.8. The Morgan fingerprint density at radius 2 is 1.45 bits per heavy atom. The summed E-state index contributed by atoms with van der Waals surface area (Å²) in [6, 6.07) is 14.0. The zero-order valence-electron chi connectivity index (χ0n) is 19.0. The van der Waals surface area contributed by atoms with E-state index in [1.54, 1.807) is 0 Å². The second kappa shape index (κ2) is 10.1. The topological polar surface area (TPSA) is 90.0 Å². The van der Waals surface area contributed by atoms with Crippen LogP contribution < -0.4 is 9.62 Å². The normalized spacial score (nSPS) is 18.6. The molecule has 33 heavy (non-hydrogen) atoms. The molecule has 0 amide bonds. The monoisotopic (exact) mass is 492 g/mol. The van der Waals surface area contributed by atoms with E-state index in [0.29, 0.717) is 26.2 Å². The van der Waals surface area contributed by atoms with E-state index in [0.717, 1.165) is 39.0 Å². The van der Waals surface area contributed by atoms with E-state index in [4.69, 9.17) is 0 Å². The molecule has 0 aromatic heterocycles. The summed E-state index contributed by atoms with van der Waals surface area (Å²) in [5, 5.41) is 0. The van der Waals surface area contributed by atoms with Gasteiger partial charge >= 0.3 is 0 Å². The molecule has 0 bridgehead atoms. The number of anilines is 1. The van der Waals surface area contributed by atoms with E-state index >= 15 is 0 Å². The lowest BCUT2D eigenvalue weighted by Crippen LogP contribution is -2.48. The fourth-order valence-corrected chi connectivity index (χ4v) is 6.88. The lowest BCUT2D eigenvalue weighted by molar-refractivity contribution is 0.262. The summed E-state index contributed by atoms with van der Waals surface area (Å²) in [6.45, 7) is 7.62. The smallest absolute Gasteiger partial charge is 0.243 e. The fourth-order valence-electron chi connectivity index (χ4n) is 4.34. The molecule has 0 saturated carbocycles. The Labute approximate surface area is 197 Å². The number of benzene rings is 2. The standard InChI is InChI=1S/C23H32N4O4S2/c1-20-5-4-6-21(19-20)26-17-15-25(16-18-26)14-11-24-32(28,29)22-7-9-23(10-8-22)33(30,31)27-12-2-3-13-27/h4-10,19,24H,2-3,11-18H2,1H3. The summed E-state index contributed by atoms with van der Waals surface area (Å²) < 4.78 is 54.7. The van der Waals surface area contributed by atoms with Gasteiger partial charge in [-0.3, -0.25) is 4.90 Å². The maximum atomic E-state index is 12.7. The van der Waals surface area contributed by atoms with Crippen molar-refractivity contribution in [2.75, 3.05) is 57.3 Å². The number of rotatable bonds is 8. The molecule has 0 spiro atoms. The van der Waals surface area contributed by atoms with Gasteiger partial charge in [-0.25, -0.2) is 21.6 Å². The van der Waals surface area contributed by atoms with Gasteiger partial charge in [-0.1, -0.05) is 12.1 Å². The Hall–Kier alpha value is -1.98. The summed E-state index contributed by atoms with van der Waals surface area (Å²) in [7, 11) is -7.25. The predicted octanol–water partition coefficient (Wildman–Crippen LogP) is 1.88. The van der Waals surface area contributed by atoms with E-state index in [1.165, 1.54) is 39.8 Å². The molecule has 8 nitrogen and oxygen atoms in total. The zero-order chi connectivity index (χ0) is 23.5. The van der Waals surface area contributed by atoms with E-state index in [2.05, 4.69) is 45.7 Å². The van der Waals surface area contributed by atoms with Crippen LogP contribution in [0.3, 0.4) is 0 Å². The summed E-state index contributed by atoms with van der Waals surface area (Å²) in [5.74, 6) is 0. The molecule has 2 heterocycles. The van der Waals surface area contributed by atoms with Gasteiger partial charge in [0.05, 0.1) is 9.79 Å². The van der Waals surface area contributed by atoms with Crippen LogP contribution in [0.5, 0.6) is 0 Å². The van der Waals surface area contributed by atoms with Crippen molar-refractivity contribution in [2.45, 2.75) is 29.6 Å². The van der Waals surface area contributed by atoms with Crippen molar-refractivity contribution in [2.24, 2.45) is 0 Å². The lowest BCUT2D eigenvalue weighted by Gasteiger charge is -2.36. The van der Waals surface area contributed by atoms with Crippen LogP contribution in [0.2, 0.25) is 0 Å². The Morgan fingerprint density at radius 3 is 2.09 bits per heavy atom. The first-order valence-corrected chi connectivity index (χ1v) is 14.3. The third kappa shape index (κ3) is 5.75. The molecule has 1 N–H and O–H groups in total. The quantitative estimate of drug-likeness (QED) is 0.605. The highest BCUT2D eigenvalue weighted by Gasteiger charge is 2.27. The third-order valence-corrected chi connectivity index (χ3v) is 9.69.